The van der Waals surface area contributed by atoms with Crippen molar-refractivity contribution < 1.29 is 37.5 Å². The van der Waals surface area contributed by atoms with Gasteiger partial charge in [-0.05, 0) is 25.5 Å². The molecule has 0 aromatic carbocycles. The van der Waals surface area contributed by atoms with Crippen molar-refractivity contribution in [2.75, 3.05) is 26.1 Å². The van der Waals surface area contributed by atoms with E-state index in [2.05, 4.69) is 19.9 Å². The lowest BCUT2D eigenvalue weighted by Crippen LogP contribution is -2.39. The van der Waals surface area contributed by atoms with E-state index in [1.807, 2.05) is 0 Å². The number of carbonyl (C=O) groups is 3. The van der Waals surface area contributed by atoms with Gasteiger partial charge in [0.25, 0.3) is 5.56 Å². The fourth-order valence-electron chi connectivity index (χ4n) is 3.66. The number of hydrogen-bond acceptors (Lipinski definition) is 12. The van der Waals surface area contributed by atoms with Crippen molar-refractivity contribution in [2.24, 2.45) is 10.5 Å². The van der Waals surface area contributed by atoms with Gasteiger partial charge >= 0.3 is 19.4 Å². The molecule has 1 unspecified atom stereocenters. The summed E-state index contributed by atoms with van der Waals surface area (Å²) in [6.45, 7) is 7.51. The highest BCUT2D eigenvalue weighted by Crippen LogP contribution is 2.46. The summed E-state index contributed by atoms with van der Waals surface area (Å²) in [5, 5.41) is 6.09. The quantitative estimate of drug-likeness (QED) is 0.0459. The summed E-state index contributed by atoms with van der Waals surface area (Å²) in [5.41, 5.74) is 7.24. The Hall–Kier alpha value is -3.04. The molecule has 0 radical (unpaired) electrons. The second-order valence-corrected chi connectivity index (χ2v) is 13.0. The number of hydrogen-bond donors (Lipinski definition) is 1. The molecule has 18 heteroatoms. The van der Waals surface area contributed by atoms with Crippen molar-refractivity contribution >= 4 is 43.1 Å². The van der Waals surface area contributed by atoms with E-state index in [9.17, 15) is 28.5 Å². The lowest BCUT2D eigenvalue weighted by molar-refractivity contribution is -0.142. The molecule has 1 aliphatic rings. The Kier molecular flexibility index (Phi) is 12.9. The third-order valence-electron chi connectivity index (χ3n) is 5.85. The minimum atomic E-state index is -4.22. The number of allylic oxidation sites excluding steroid dienone is 1. The van der Waals surface area contributed by atoms with Crippen molar-refractivity contribution in [3.63, 3.8) is 0 Å². The van der Waals surface area contributed by atoms with Gasteiger partial charge in [-0.25, -0.2) is 19.0 Å². The van der Waals surface area contributed by atoms with E-state index in [0.717, 1.165) is 40.3 Å². The Labute approximate surface area is 245 Å². The zero-order valence-corrected chi connectivity index (χ0v) is 25.8. The predicted molar refractivity (Wildman–Crippen MR) is 154 cm³/mol. The van der Waals surface area contributed by atoms with Gasteiger partial charge in [-0.3, -0.25) is 32.8 Å². The van der Waals surface area contributed by atoms with E-state index in [4.69, 9.17) is 19.3 Å². The molecule has 1 aromatic rings. The van der Waals surface area contributed by atoms with E-state index in [1.54, 1.807) is 20.8 Å². The van der Waals surface area contributed by atoms with Crippen LogP contribution in [0.1, 0.15) is 45.9 Å². The Morgan fingerprint density at radius 2 is 2.05 bits per heavy atom. The van der Waals surface area contributed by atoms with Gasteiger partial charge in [0.05, 0.1) is 32.5 Å². The van der Waals surface area contributed by atoms with Gasteiger partial charge in [0.2, 0.25) is 0 Å². The lowest BCUT2D eigenvalue weighted by Gasteiger charge is -2.24. The molecule has 1 fully saturated rings. The topological polar surface area (TPSA) is 210 Å². The molecule has 0 bridgehead atoms. The Balaban J connectivity index is 2.26. The van der Waals surface area contributed by atoms with Crippen LogP contribution in [0, 0.1) is 12.3 Å². The number of aromatic nitrogens is 2. The van der Waals surface area contributed by atoms with Gasteiger partial charge in [0.15, 0.2) is 5.12 Å². The van der Waals surface area contributed by atoms with Gasteiger partial charge in [-0.15, -0.1) is 0 Å². The Morgan fingerprint density at radius 3 is 2.64 bits per heavy atom. The average Bonchev–Trinajstić information content (AvgIpc) is 3.33. The number of nitrogens with one attached hydrogen (secondary N) is 1. The molecule has 232 valence electrons. The van der Waals surface area contributed by atoms with Gasteiger partial charge in [0.1, 0.15) is 18.6 Å². The third kappa shape index (κ3) is 9.49. The first kappa shape index (κ1) is 35.2. The van der Waals surface area contributed by atoms with Crippen LogP contribution in [0.25, 0.3) is 16.6 Å². The molecular weight excluding hydrogens is 595 g/mol. The van der Waals surface area contributed by atoms with Crippen molar-refractivity contribution in [3.05, 3.63) is 49.1 Å². The van der Waals surface area contributed by atoms with Crippen LogP contribution in [0.5, 0.6) is 0 Å². The number of aldehydes is 1. The molecule has 2 heterocycles. The standard InChI is InChI=1S/C24H35N6O10PS/c1-15-13-30(23(35)29(20(15)32)8-7-9-31)19-12-17(26-28-25)18(40-19)14-39-41(36,27-16(2)21(33)37-6)38-10-11-42-22(34)24(3,4)5/h7-9,13,16-19H,10-12,14H2,1-6H3,(H,27,36)/b8-7+/t16-,17-,18+,19+,41?/m0/s1. The van der Waals surface area contributed by atoms with Gasteiger partial charge in [-0.2, -0.15) is 0 Å². The lowest BCUT2D eigenvalue weighted by atomic mass is 10.00. The molecule has 0 amide bonds. The van der Waals surface area contributed by atoms with Crippen LogP contribution < -0.4 is 16.3 Å². The van der Waals surface area contributed by atoms with E-state index >= 15 is 0 Å². The normalized spacial score (nSPS) is 21.0. The predicted octanol–water partition coefficient (Wildman–Crippen LogP) is 2.55. The summed E-state index contributed by atoms with van der Waals surface area (Å²) < 4.78 is 37.1. The van der Waals surface area contributed by atoms with E-state index < -0.39 is 61.4 Å². The summed E-state index contributed by atoms with van der Waals surface area (Å²) in [5.74, 6) is -0.588. The largest absolute Gasteiger partial charge is 0.468 e. The van der Waals surface area contributed by atoms with Crippen molar-refractivity contribution in [1.82, 2.24) is 14.2 Å². The maximum atomic E-state index is 13.6. The maximum Gasteiger partial charge on any atom is 0.406 e. The molecular formula is C24H35N6O10PS. The number of azide groups is 1. The molecule has 0 spiro atoms. The van der Waals surface area contributed by atoms with Crippen molar-refractivity contribution in [3.8, 4) is 0 Å². The van der Waals surface area contributed by atoms with Gasteiger partial charge < -0.3 is 9.47 Å². The minimum Gasteiger partial charge on any atom is -0.468 e. The monoisotopic (exact) mass is 630 g/mol. The smallest absolute Gasteiger partial charge is 0.406 e. The highest BCUT2D eigenvalue weighted by atomic mass is 32.2. The van der Waals surface area contributed by atoms with Crippen LogP contribution in [0.4, 0.5) is 0 Å². The number of ether oxygens (including phenoxy) is 2. The number of methoxy groups -OCH3 is 1. The number of thioether (sulfide) groups is 1. The molecule has 0 saturated carbocycles. The maximum absolute atomic E-state index is 13.6. The highest BCUT2D eigenvalue weighted by molar-refractivity contribution is 8.13. The second-order valence-electron chi connectivity index (χ2n) is 10.2. The molecule has 1 saturated heterocycles. The number of nitrogens with zero attached hydrogens (tertiary/aromatic N) is 5. The van der Waals surface area contributed by atoms with E-state index in [1.165, 1.54) is 20.0 Å². The summed E-state index contributed by atoms with van der Waals surface area (Å²) in [4.78, 5) is 63.1. The molecule has 2 rings (SSSR count). The van der Waals surface area contributed by atoms with Gasteiger partial charge in [-0.1, -0.05) is 37.6 Å². The molecule has 0 aliphatic carbocycles. The van der Waals surface area contributed by atoms with Crippen LogP contribution in [-0.4, -0.2) is 70.8 Å². The first-order valence-electron chi connectivity index (χ1n) is 12.7. The van der Waals surface area contributed by atoms with Gasteiger partial charge in [0, 0.05) is 40.5 Å². The second kappa shape index (κ2) is 15.4. The number of aryl methyl sites for hydroxylation is 1. The molecule has 1 N–H and O–H groups in total. The summed E-state index contributed by atoms with van der Waals surface area (Å²) >= 11 is 0.991. The first-order chi connectivity index (χ1) is 19.7. The molecule has 1 aromatic heterocycles. The highest BCUT2D eigenvalue weighted by Gasteiger charge is 2.39. The summed E-state index contributed by atoms with van der Waals surface area (Å²) in [6, 6.07) is -1.98. The fourth-order valence-corrected chi connectivity index (χ4v) is 6.05. The molecule has 1 aliphatic heterocycles. The minimum absolute atomic E-state index is 0.00423. The van der Waals surface area contributed by atoms with E-state index in [-0.39, 0.29) is 29.5 Å². The van der Waals surface area contributed by atoms with Crippen LogP contribution in [0.3, 0.4) is 0 Å². The SMILES string of the molecule is COC(=O)[C@H](C)NP(=O)(OCCSC(=O)C(C)(C)C)OC[C@H]1O[C@@H](n2cc(C)c(=O)n(/C=C/C=O)c2=O)C[C@@H]1N=[N+]=[N-]. The average molecular weight is 631 g/mol. The zero-order chi connectivity index (χ0) is 31.7. The molecule has 42 heavy (non-hydrogen) atoms. The molecule has 5 atom stereocenters. The third-order valence-corrected chi connectivity index (χ3v) is 8.81. The first-order valence-corrected chi connectivity index (χ1v) is 15.3. The fraction of sp³-hybridized carbons (Fsp3) is 0.625. The summed E-state index contributed by atoms with van der Waals surface area (Å²) in [6.07, 6.45) is 1.66. The van der Waals surface area contributed by atoms with Crippen LogP contribution >= 0.6 is 19.5 Å². The zero-order valence-electron chi connectivity index (χ0n) is 24.1. The summed E-state index contributed by atoms with van der Waals surface area (Å²) in [7, 11) is -3.07. The van der Waals surface area contributed by atoms with Crippen molar-refractivity contribution in [1.29, 1.82) is 0 Å². The Bertz CT molecular complexity index is 1400. The van der Waals surface area contributed by atoms with E-state index in [0.29, 0.717) is 6.29 Å². The number of esters is 1. The molecule has 16 nitrogen and oxygen atoms in total. The number of carbonyl (C=O) groups excluding carboxylic acids is 3. The van der Waals surface area contributed by atoms with Crippen molar-refractivity contribution in [2.45, 2.75) is 65.5 Å². The van der Waals surface area contributed by atoms with Crippen LogP contribution in [-0.2, 0) is 37.5 Å². The van der Waals surface area contributed by atoms with Crippen LogP contribution in [0.2, 0.25) is 0 Å². The Morgan fingerprint density at radius 1 is 1.36 bits per heavy atom. The number of rotatable bonds is 14. The van der Waals surface area contributed by atoms with Crippen LogP contribution in [0.15, 0.2) is 27.0 Å².